The second-order valence-corrected chi connectivity index (χ2v) is 5.83. The number of carboxylic acid groups (broad SMARTS) is 1. The first-order chi connectivity index (χ1) is 8.29. The number of rotatable bonds is 1. The van der Waals surface area contributed by atoms with Crippen molar-refractivity contribution in [2.75, 3.05) is 0 Å². The monoisotopic (exact) mass is 253 g/mol. The summed E-state index contributed by atoms with van der Waals surface area (Å²) >= 11 is 0. The molecule has 2 atom stereocenters. The molecule has 0 radical (unpaired) electrons. The molecule has 18 heavy (non-hydrogen) atoms. The maximum Gasteiger partial charge on any atom is 0.411 e. The fourth-order valence-corrected chi connectivity index (χ4v) is 2.64. The summed E-state index contributed by atoms with van der Waals surface area (Å²) in [6, 6.07) is -0.232. The zero-order valence-corrected chi connectivity index (χ0v) is 11.0. The van der Waals surface area contributed by atoms with Crippen molar-refractivity contribution in [2.45, 2.75) is 57.7 Å². The first-order valence-corrected chi connectivity index (χ1v) is 6.24. The van der Waals surface area contributed by atoms with Gasteiger partial charge in [0.2, 0.25) is 0 Å². The van der Waals surface area contributed by atoms with E-state index in [1.807, 2.05) is 20.8 Å². The van der Waals surface area contributed by atoms with E-state index in [1.54, 1.807) is 11.0 Å². The van der Waals surface area contributed by atoms with Crippen LogP contribution in [0.2, 0.25) is 0 Å². The molecule has 5 nitrogen and oxygen atoms in total. The fourth-order valence-electron chi connectivity index (χ4n) is 2.64. The van der Waals surface area contributed by atoms with E-state index in [9.17, 15) is 9.59 Å². The molecule has 2 heterocycles. The van der Waals surface area contributed by atoms with Gasteiger partial charge in [0, 0.05) is 6.04 Å². The number of carbonyl (C=O) groups excluding carboxylic acids is 1. The summed E-state index contributed by atoms with van der Waals surface area (Å²) in [6.45, 7) is 5.43. The first-order valence-electron chi connectivity index (χ1n) is 6.24. The Hall–Kier alpha value is -1.52. The summed E-state index contributed by atoms with van der Waals surface area (Å²) in [6.07, 6.45) is 3.50. The van der Waals surface area contributed by atoms with Gasteiger partial charge in [-0.15, -0.1) is 0 Å². The minimum Gasteiger partial charge on any atom is -0.478 e. The van der Waals surface area contributed by atoms with Gasteiger partial charge in [-0.25, -0.2) is 9.59 Å². The molecule has 2 aliphatic heterocycles. The number of aliphatic carboxylic acids is 1. The molecule has 2 aliphatic rings. The Morgan fingerprint density at radius 2 is 2.06 bits per heavy atom. The van der Waals surface area contributed by atoms with Crippen LogP contribution in [-0.4, -0.2) is 39.8 Å². The first kappa shape index (κ1) is 12.9. The van der Waals surface area contributed by atoms with Crippen LogP contribution < -0.4 is 0 Å². The number of carbonyl (C=O) groups is 2. The lowest BCUT2D eigenvalue weighted by Gasteiger charge is -2.35. The normalized spacial score (nSPS) is 26.8. The lowest BCUT2D eigenvalue weighted by atomic mass is 10.0. The Kier molecular flexibility index (Phi) is 3.09. The van der Waals surface area contributed by atoms with Gasteiger partial charge in [-0.2, -0.15) is 0 Å². The molecule has 1 amide bonds. The standard InChI is InChI=1S/C13H19NO4/c1-13(2,3)18-12(17)14-8-4-6-9(11(15)16)10(14)7-5-8/h6,8,10H,4-5,7H2,1-3H3,(H,15,16)/t8-,10-/m1/s1. The highest BCUT2D eigenvalue weighted by atomic mass is 16.6. The average Bonchev–Trinajstić information content (AvgIpc) is 2.49. The predicted octanol–water partition coefficient (Wildman–Crippen LogP) is 2.17. The molecule has 2 bridgehead atoms. The van der Waals surface area contributed by atoms with Crippen LogP contribution in [0.3, 0.4) is 0 Å². The van der Waals surface area contributed by atoms with Gasteiger partial charge < -0.3 is 9.84 Å². The van der Waals surface area contributed by atoms with Crippen molar-refractivity contribution in [3.8, 4) is 0 Å². The highest BCUT2D eigenvalue weighted by Gasteiger charge is 2.44. The third-order valence-electron chi connectivity index (χ3n) is 3.32. The molecule has 100 valence electrons. The highest BCUT2D eigenvalue weighted by molar-refractivity contribution is 5.89. The number of ether oxygens (including phenoxy) is 1. The van der Waals surface area contributed by atoms with Crippen molar-refractivity contribution < 1.29 is 19.4 Å². The largest absolute Gasteiger partial charge is 0.478 e. The topological polar surface area (TPSA) is 66.8 Å². The van der Waals surface area contributed by atoms with E-state index < -0.39 is 17.7 Å². The summed E-state index contributed by atoms with van der Waals surface area (Å²) in [4.78, 5) is 24.9. The van der Waals surface area contributed by atoms with E-state index in [0.717, 1.165) is 6.42 Å². The Balaban J connectivity index is 2.18. The highest BCUT2D eigenvalue weighted by Crippen LogP contribution is 2.36. The number of hydrogen-bond acceptors (Lipinski definition) is 3. The zero-order chi connectivity index (χ0) is 13.5. The summed E-state index contributed by atoms with van der Waals surface area (Å²) in [5.41, 5.74) is -0.226. The van der Waals surface area contributed by atoms with E-state index in [-0.39, 0.29) is 12.1 Å². The molecular formula is C13H19NO4. The summed E-state index contributed by atoms with van der Waals surface area (Å²) in [5.74, 6) is -0.936. The third kappa shape index (κ3) is 2.35. The number of amides is 1. The van der Waals surface area contributed by atoms with Crippen molar-refractivity contribution in [2.24, 2.45) is 0 Å². The van der Waals surface area contributed by atoms with Crippen LogP contribution in [0.4, 0.5) is 4.79 Å². The maximum absolute atomic E-state index is 12.1. The van der Waals surface area contributed by atoms with E-state index in [0.29, 0.717) is 18.4 Å². The summed E-state index contributed by atoms with van der Waals surface area (Å²) in [5, 5.41) is 9.14. The average molecular weight is 253 g/mol. The number of fused-ring (bicyclic) bond motifs is 2. The predicted molar refractivity (Wildman–Crippen MR) is 65.2 cm³/mol. The Labute approximate surface area is 106 Å². The molecule has 0 aliphatic carbocycles. The van der Waals surface area contributed by atoms with Gasteiger partial charge in [0.1, 0.15) is 5.60 Å². The Morgan fingerprint density at radius 1 is 1.39 bits per heavy atom. The summed E-state index contributed by atoms with van der Waals surface area (Å²) < 4.78 is 5.35. The van der Waals surface area contributed by atoms with Crippen molar-refractivity contribution in [3.63, 3.8) is 0 Å². The number of nitrogens with zero attached hydrogens (tertiary/aromatic N) is 1. The SMILES string of the molecule is CC(C)(C)OC(=O)N1[C@@H]2CC=C(C(=O)O)[C@H]1CC2. The van der Waals surface area contributed by atoms with Crippen molar-refractivity contribution in [1.29, 1.82) is 0 Å². The van der Waals surface area contributed by atoms with Crippen molar-refractivity contribution in [1.82, 2.24) is 4.90 Å². The molecule has 0 unspecified atom stereocenters. The van der Waals surface area contributed by atoms with E-state index in [4.69, 9.17) is 9.84 Å². The molecule has 0 spiro atoms. The van der Waals surface area contributed by atoms with E-state index in [1.165, 1.54) is 0 Å². The second-order valence-electron chi connectivity index (χ2n) is 5.83. The number of carboxylic acids is 1. The quantitative estimate of drug-likeness (QED) is 0.777. The van der Waals surface area contributed by atoms with Crippen molar-refractivity contribution >= 4 is 12.1 Å². The van der Waals surface area contributed by atoms with Crippen LogP contribution in [0.25, 0.3) is 0 Å². The van der Waals surface area contributed by atoms with Gasteiger partial charge >= 0.3 is 12.1 Å². The second kappa shape index (κ2) is 4.30. The van der Waals surface area contributed by atoms with Crippen LogP contribution in [0.15, 0.2) is 11.6 Å². The van der Waals surface area contributed by atoms with Crippen molar-refractivity contribution in [3.05, 3.63) is 11.6 Å². The van der Waals surface area contributed by atoms with Gasteiger partial charge in [-0.05, 0) is 40.0 Å². The van der Waals surface area contributed by atoms with Crippen LogP contribution in [0.5, 0.6) is 0 Å². The van der Waals surface area contributed by atoms with Crippen LogP contribution in [-0.2, 0) is 9.53 Å². The molecule has 2 rings (SSSR count). The lowest BCUT2D eigenvalue weighted by molar-refractivity contribution is -0.133. The zero-order valence-electron chi connectivity index (χ0n) is 11.0. The molecule has 1 N–H and O–H groups in total. The van der Waals surface area contributed by atoms with Gasteiger partial charge in [-0.3, -0.25) is 4.90 Å². The maximum atomic E-state index is 12.1. The smallest absolute Gasteiger partial charge is 0.411 e. The van der Waals surface area contributed by atoms with Gasteiger partial charge in [-0.1, -0.05) is 6.08 Å². The Morgan fingerprint density at radius 3 is 2.61 bits per heavy atom. The molecule has 5 heteroatoms. The third-order valence-corrected chi connectivity index (χ3v) is 3.32. The molecular weight excluding hydrogens is 234 g/mol. The molecule has 0 aromatic carbocycles. The van der Waals surface area contributed by atoms with Gasteiger partial charge in [0.15, 0.2) is 0 Å². The molecule has 0 aromatic heterocycles. The minimum atomic E-state index is -0.936. The van der Waals surface area contributed by atoms with Crippen LogP contribution >= 0.6 is 0 Å². The van der Waals surface area contributed by atoms with Gasteiger partial charge in [0.25, 0.3) is 0 Å². The molecule has 0 saturated carbocycles. The van der Waals surface area contributed by atoms with Crippen LogP contribution in [0, 0.1) is 0 Å². The molecule has 1 fully saturated rings. The summed E-state index contributed by atoms with van der Waals surface area (Å²) in [7, 11) is 0. The lowest BCUT2D eigenvalue weighted by Crippen LogP contribution is -2.47. The van der Waals surface area contributed by atoms with Gasteiger partial charge in [0.05, 0.1) is 11.6 Å². The van der Waals surface area contributed by atoms with E-state index in [2.05, 4.69) is 0 Å². The minimum absolute atomic E-state index is 0.0907. The molecule has 1 saturated heterocycles. The van der Waals surface area contributed by atoms with Crippen LogP contribution in [0.1, 0.15) is 40.0 Å². The fraction of sp³-hybridized carbons (Fsp3) is 0.692. The number of hydrogen-bond donors (Lipinski definition) is 1. The van der Waals surface area contributed by atoms with E-state index >= 15 is 0 Å². The Bertz CT molecular complexity index is 408. The molecule has 0 aromatic rings.